The number of amides is 4. The molecule has 0 aliphatic heterocycles. The number of unbranched alkanes of at least 4 members (excludes halogenated alkanes) is 2. The molecular formula is C40H46N6O12. The molecule has 2 aromatic carbocycles. The molecule has 4 aromatic rings. The topological polar surface area (TPSA) is 249 Å². The summed E-state index contributed by atoms with van der Waals surface area (Å²) >= 11 is 0. The van der Waals surface area contributed by atoms with Crippen molar-refractivity contribution in [1.82, 2.24) is 30.6 Å². The Labute approximate surface area is 333 Å². The monoisotopic (exact) mass is 802 g/mol. The van der Waals surface area contributed by atoms with Gasteiger partial charge in [0.05, 0.1) is 49.1 Å². The van der Waals surface area contributed by atoms with Gasteiger partial charge in [-0.1, -0.05) is 39.2 Å². The van der Waals surface area contributed by atoms with Gasteiger partial charge in [0, 0.05) is 23.6 Å². The third kappa shape index (κ3) is 11.8. The third-order valence-electron chi connectivity index (χ3n) is 9.00. The standard InChI is InChI=1S/C40H46N6O12/c1-4-7-8-9-28(31(5-2)46(24-47)58-40(55)25-10-13-27(14-11-25)45-19-18-41-23-45)36(50)42-22-43-38(52)33-17-16-32(57-33)26-12-15-29(34(20-26)56-6-3)37(51)44-30(39(53)54)21-35(48)49/h10-20,23-24,28,30-31H,4-9,21-22H2,1-3H3,(H,42,50)(H,43,52)(H,44,51)(H,48,49)(H,53,54)/t28-,30+,31-/m1/s1. The molecule has 2 heterocycles. The largest absolute Gasteiger partial charge is 0.493 e. The fourth-order valence-electron chi connectivity index (χ4n) is 6.05. The molecule has 0 aliphatic carbocycles. The first-order valence-corrected chi connectivity index (χ1v) is 18.6. The smallest absolute Gasteiger partial charge is 0.363 e. The van der Waals surface area contributed by atoms with E-state index in [0.29, 0.717) is 24.8 Å². The Bertz CT molecular complexity index is 2050. The number of carbonyl (C=O) groups is 7. The minimum Gasteiger partial charge on any atom is -0.493 e. The number of benzene rings is 2. The Morgan fingerprint density at radius 2 is 1.71 bits per heavy atom. The maximum absolute atomic E-state index is 13.6. The normalized spacial score (nSPS) is 12.3. The van der Waals surface area contributed by atoms with Crippen LogP contribution >= 0.6 is 0 Å². The summed E-state index contributed by atoms with van der Waals surface area (Å²) in [6.07, 6.45) is 7.54. The molecular weight excluding hydrogens is 756 g/mol. The van der Waals surface area contributed by atoms with Gasteiger partial charge < -0.3 is 44.7 Å². The van der Waals surface area contributed by atoms with Gasteiger partial charge in [0.1, 0.15) is 17.6 Å². The quantitative estimate of drug-likeness (QED) is 0.0306. The van der Waals surface area contributed by atoms with E-state index in [-0.39, 0.29) is 48.1 Å². The van der Waals surface area contributed by atoms with Crippen molar-refractivity contribution in [3.63, 3.8) is 0 Å². The number of aliphatic carboxylic acids is 2. The Kier molecular flexibility index (Phi) is 16.1. The average Bonchev–Trinajstić information content (AvgIpc) is 3.94. The van der Waals surface area contributed by atoms with E-state index >= 15 is 0 Å². The molecule has 4 amide bonds. The predicted molar refractivity (Wildman–Crippen MR) is 206 cm³/mol. The van der Waals surface area contributed by atoms with Crippen LogP contribution in [-0.2, 0) is 24.0 Å². The highest BCUT2D eigenvalue weighted by Crippen LogP contribution is 2.29. The molecule has 0 fully saturated rings. The third-order valence-corrected chi connectivity index (χ3v) is 9.00. The SMILES string of the molecule is CCCCC[C@@H](C(=O)NCNC(=O)c1ccc(-c2ccc(C(=O)N[C@@H](CC(=O)O)C(=O)O)c(OCC)c2)o1)[C@@H](CC)N(C=O)OC(=O)c1ccc(-n2ccnc2)cc1. The van der Waals surface area contributed by atoms with Crippen LogP contribution in [0.15, 0.2) is 77.7 Å². The van der Waals surface area contributed by atoms with Crippen molar-refractivity contribution in [3.05, 3.63) is 90.2 Å². The number of furan rings is 1. The highest BCUT2D eigenvalue weighted by atomic mass is 16.7. The molecule has 18 heteroatoms. The number of aromatic nitrogens is 2. The van der Waals surface area contributed by atoms with Gasteiger partial charge in [0.2, 0.25) is 12.3 Å². The molecule has 0 spiro atoms. The fraction of sp³-hybridized carbons (Fsp3) is 0.350. The van der Waals surface area contributed by atoms with E-state index < -0.39 is 60.1 Å². The zero-order valence-electron chi connectivity index (χ0n) is 32.2. The van der Waals surface area contributed by atoms with E-state index in [4.69, 9.17) is 19.1 Å². The lowest BCUT2D eigenvalue weighted by atomic mass is 9.90. The summed E-state index contributed by atoms with van der Waals surface area (Å²) in [5.74, 6) is -6.32. The van der Waals surface area contributed by atoms with Crippen LogP contribution in [0.25, 0.3) is 17.0 Å². The van der Waals surface area contributed by atoms with Crippen molar-refractivity contribution in [3.8, 4) is 22.8 Å². The molecule has 58 heavy (non-hydrogen) atoms. The van der Waals surface area contributed by atoms with Crippen LogP contribution in [0, 0.1) is 5.92 Å². The van der Waals surface area contributed by atoms with Crippen LogP contribution in [0.4, 0.5) is 0 Å². The molecule has 0 radical (unpaired) electrons. The number of hydroxylamine groups is 2. The Balaban J connectivity index is 1.40. The molecule has 0 saturated heterocycles. The van der Waals surface area contributed by atoms with Gasteiger partial charge >= 0.3 is 17.9 Å². The van der Waals surface area contributed by atoms with E-state index in [2.05, 4.69) is 20.9 Å². The van der Waals surface area contributed by atoms with Crippen LogP contribution in [0.1, 0.15) is 90.6 Å². The molecule has 4 rings (SSSR count). The molecule has 18 nitrogen and oxygen atoms in total. The summed E-state index contributed by atoms with van der Waals surface area (Å²) in [5.41, 5.74) is 1.31. The summed E-state index contributed by atoms with van der Waals surface area (Å²) in [5, 5.41) is 26.6. The Hall–Kier alpha value is -6.98. The van der Waals surface area contributed by atoms with Gasteiger partial charge in [-0.25, -0.2) is 14.6 Å². The summed E-state index contributed by atoms with van der Waals surface area (Å²) in [6.45, 7) is 5.29. The number of carboxylic acid groups (broad SMARTS) is 2. The maximum atomic E-state index is 13.6. The molecule has 0 unspecified atom stereocenters. The second-order valence-electron chi connectivity index (χ2n) is 12.9. The van der Waals surface area contributed by atoms with E-state index in [1.165, 1.54) is 30.3 Å². The van der Waals surface area contributed by atoms with Gasteiger partial charge in [-0.3, -0.25) is 24.0 Å². The van der Waals surface area contributed by atoms with Crippen molar-refractivity contribution in [2.45, 2.75) is 71.4 Å². The van der Waals surface area contributed by atoms with Crippen LogP contribution < -0.4 is 20.7 Å². The summed E-state index contributed by atoms with van der Waals surface area (Å²) in [7, 11) is 0. The first-order valence-electron chi connectivity index (χ1n) is 18.6. The zero-order chi connectivity index (χ0) is 42.2. The molecule has 5 N–H and O–H groups in total. The Morgan fingerprint density at radius 3 is 2.33 bits per heavy atom. The second-order valence-corrected chi connectivity index (χ2v) is 12.9. The molecule has 2 aromatic heterocycles. The number of imidazole rings is 1. The summed E-state index contributed by atoms with van der Waals surface area (Å²) in [4.78, 5) is 96.9. The number of carboxylic acids is 2. The number of nitrogens with zero attached hydrogens (tertiary/aromatic N) is 3. The Morgan fingerprint density at radius 1 is 0.948 bits per heavy atom. The van der Waals surface area contributed by atoms with Crippen LogP contribution in [0.5, 0.6) is 5.75 Å². The van der Waals surface area contributed by atoms with Crippen LogP contribution in [0.2, 0.25) is 0 Å². The van der Waals surface area contributed by atoms with Crippen molar-refractivity contribution >= 4 is 42.0 Å². The van der Waals surface area contributed by atoms with Crippen LogP contribution in [0.3, 0.4) is 0 Å². The van der Waals surface area contributed by atoms with E-state index in [9.17, 15) is 38.7 Å². The lowest BCUT2D eigenvalue weighted by molar-refractivity contribution is -0.171. The van der Waals surface area contributed by atoms with Crippen molar-refractivity contribution in [2.75, 3.05) is 13.3 Å². The molecule has 308 valence electrons. The average molecular weight is 803 g/mol. The molecule has 3 atom stereocenters. The number of rotatable bonds is 23. The predicted octanol–water partition coefficient (Wildman–Crippen LogP) is 4.20. The van der Waals surface area contributed by atoms with Gasteiger partial charge in [0.25, 0.3) is 11.8 Å². The fourth-order valence-corrected chi connectivity index (χ4v) is 6.05. The van der Waals surface area contributed by atoms with E-state index in [0.717, 1.165) is 23.6 Å². The number of nitrogens with one attached hydrogen (secondary N) is 3. The first kappa shape index (κ1) is 43.7. The molecule has 0 bridgehead atoms. The number of hydrogen-bond donors (Lipinski definition) is 5. The van der Waals surface area contributed by atoms with E-state index in [1.807, 2.05) is 6.92 Å². The molecule has 0 saturated carbocycles. The van der Waals surface area contributed by atoms with Crippen LogP contribution in [-0.4, -0.2) is 92.2 Å². The van der Waals surface area contributed by atoms with Crippen molar-refractivity contribution in [2.24, 2.45) is 5.92 Å². The number of carbonyl (C=O) groups excluding carboxylic acids is 5. The van der Waals surface area contributed by atoms with Gasteiger partial charge in [-0.2, -0.15) is 5.06 Å². The summed E-state index contributed by atoms with van der Waals surface area (Å²) in [6, 6.07) is 11.2. The van der Waals surface area contributed by atoms with E-state index in [1.54, 1.807) is 61.4 Å². The molecule has 0 aliphatic rings. The van der Waals surface area contributed by atoms with Gasteiger partial charge in [0.15, 0.2) is 5.76 Å². The number of hydrogen-bond acceptors (Lipinski definition) is 11. The lowest BCUT2D eigenvalue weighted by Crippen LogP contribution is -2.49. The van der Waals surface area contributed by atoms with Crippen molar-refractivity contribution < 1.29 is 57.8 Å². The number of ether oxygens (including phenoxy) is 1. The minimum atomic E-state index is -1.67. The first-order chi connectivity index (χ1) is 27.9. The second kappa shape index (κ2) is 21.4. The van der Waals surface area contributed by atoms with Crippen molar-refractivity contribution in [1.29, 1.82) is 0 Å². The minimum absolute atomic E-state index is 0.0491. The van der Waals surface area contributed by atoms with Gasteiger partial charge in [-0.15, -0.1) is 0 Å². The maximum Gasteiger partial charge on any atom is 0.363 e. The zero-order valence-corrected chi connectivity index (χ0v) is 32.2. The lowest BCUT2D eigenvalue weighted by Gasteiger charge is -2.31. The summed E-state index contributed by atoms with van der Waals surface area (Å²) < 4.78 is 13.1. The highest BCUT2D eigenvalue weighted by Gasteiger charge is 2.34. The van der Waals surface area contributed by atoms with Gasteiger partial charge in [-0.05, 0) is 68.3 Å². The highest BCUT2D eigenvalue weighted by molar-refractivity contribution is 6.00.